The Morgan fingerprint density at radius 3 is 2.41 bits per heavy atom. The van der Waals surface area contributed by atoms with E-state index in [0.717, 1.165) is 31.2 Å². The van der Waals surface area contributed by atoms with Crippen molar-refractivity contribution in [2.75, 3.05) is 32.3 Å². The number of carboxylic acids is 1. The van der Waals surface area contributed by atoms with E-state index in [1.807, 2.05) is 18.2 Å². The second kappa shape index (κ2) is 9.94. The molecule has 1 aromatic rings. The molecule has 152 valence electrons. The van der Waals surface area contributed by atoms with Crippen LogP contribution in [-0.2, 0) is 21.2 Å². The Labute approximate surface area is 161 Å². The molecule has 2 rings (SSSR count). The number of hydrogen-bond acceptors (Lipinski definition) is 6. The number of rotatable bonds is 10. The molecule has 0 spiro atoms. The van der Waals surface area contributed by atoms with Gasteiger partial charge in [0.1, 0.15) is 5.75 Å². The number of ether oxygens (including phenoxy) is 2. The normalized spacial score (nSPS) is 15.7. The third-order valence-corrected chi connectivity index (χ3v) is 6.45. The van der Waals surface area contributed by atoms with Crippen LogP contribution in [0.5, 0.6) is 11.5 Å². The van der Waals surface area contributed by atoms with E-state index < -0.39 is 21.6 Å². The minimum atomic E-state index is -3.62. The number of carboxylic acid groups (broad SMARTS) is 1. The van der Waals surface area contributed by atoms with Crippen LogP contribution in [0.25, 0.3) is 0 Å². The number of benzene rings is 1. The molecular weight excluding hydrogens is 370 g/mol. The highest BCUT2D eigenvalue weighted by atomic mass is 32.2. The summed E-state index contributed by atoms with van der Waals surface area (Å²) in [5.74, 6) is -0.990. The van der Waals surface area contributed by atoms with E-state index >= 15 is 0 Å². The van der Waals surface area contributed by atoms with E-state index in [0.29, 0.717) is 30.6 Å². The van der Waals surface area contributed by atoms with Gasteiger partial charge >= 0.3 is 5.97 Å². The Hall–Kier alpha value is -1.80. The van der Waals surface area contributed by atoms with E-state index in [-0.39, 0.29) is 5.75 Å². The highest BCUT2D eigenvalue weighted by Gasteiger charge is 2.24. The van der Waals surface area contributed by atoms with Gasteiger partial charge in [-0.05, 0) is 30.5 Å². The molecule has 1 fully saturated rings. The van der Waals surface area contributed by atoms with E-state index in [1.165, 1.54) is 6.42 Å². The van der Waals surface area contributed by atoms with Crippen molar-refractivity contribution in [1.29, 1.82) is 0 Å². The molecule has 0 heterocycles. The largest absolute Gasteiger partial charge is 0.493 e. The summed E-state index contributed by atoms with van der Waals surface area (Å²) < 4.78 is 34.7. The lowest BCUT2D eigenvalue weighted by atomic mass is 9.94. The number of nitrogens with zero attached hydrogens (tertiary/aromatic N) is 1. The Morgan fingerprint density at radius 2 is 1.81 bits per heavy atom. The Bertz CT molecular complexity index is 728. The van der Waals surface area contributed by atoms with Gasteiger partial charge in [-0.15, -0.1) is 0 Å². The molecule has 0 aromatic heterocycles. The molecule has 1 aromatic carbocycles. The number of methoxy groups -OCH3 is 2. The Kier molecular flexibility index (Phi) is 7.91. The molecule has 27 heavy (non-hydrogen) atoms. The van der Waals surface area contributed by atoms with E-state index in [1.54, 1.807) is 14.2 Å². The minimum absolute atomic E-state index is 0.150. The Morgan fingerprint density at radius 1 is 1.15 bits per heavy atom. The molecular formula is C19H29NO6S. The zero-order chi connectivity index (χ0) is 19.9. The molecule has 0 unspecified atom stereocenters. The molecule has 0 saturated heterocycles. The summed E-state index contributed by atoms with van der Waals surface area (Å²) in [4.78, 5) is 12.9. The van der Waals surface area contributed by atoms with E-state index in [9.17, 15) is 13.2 Å². The van der Waals surface area contributed by atoms with Gasteiger partial charge in [-0.25, -0.2) is 8.42 Å². The molecule has 8 heteroatoms. The van der Waals surface area contributed by atoms with E-state index in [4.69, 9.17) is 14.6 Å². The summed E-state index contributed by atoms with van der Waals surface area (Å²) in [5.41, 5.74) is 1.01. The van der Waals surface area contributed by atoms with Crippen molar-refractivity contribution in [3.05, 3.63) is 23.8 Å². The maximum absolute atomic E-state index is 12.0. The summed E-state index contributed by atoms with van der Waals surface area (Å²) in [7, 11) is -0.451. The van der Waals surface area contributed by atoms with Crippen molar-refractivity contribution in [3.8, 4) is 11.5 Å². The van der Waals surface area contributed by atoms with Gasteiger partial charge in [0, 0.05) is 19.1 Å². The van der Waals surface area contributed by atoms with Crippen LogP contribution in [0.3, 0.4) is 0 Å². The number of sulfone groups is 1. The summed E-state index contributed by atoms with van der Waals surface area (Å²) in [6.45, 7) is 0.919. The van der Waals surface area contributed by atoms with Gasteiger partial charge in [-0.3, -0.25) is 9.69 Å². The molecule has 1 N–H and O–H groups in total. The number of carbonyl (C=O) groups is 1. The molecule has 1 aliphatic rings. The fraction of sp³-hybridized carbons (Fsp3) is 0.632. The van der Waals surface area contributed by atoms with Crippen LogP contribution < -0.4 is 9.47 Å². The predicted molar refractivity (Wildman–Crippen MR) is 103 cm³/mol. The van der Waals surface area contributed by atoms with Gasteiger partial charge < -0.3 is 14.6 Å². The van der Waals surface area contributed by atoms with Gasteiger partial charge in [-0.1, -0.05) is 25.3 Å². The number of hydrogen-bond donors (Lipinski definition) is 1. The second-order valence-electron chi connectivity index (χ2n) is 6.94. The van der Waals surface area contributed by atoms with Crippen LogP contribution in [0, 0.1) is 0 Å². The fourth-order valence-electron chi connectivity index (χ4n) is 3.57. The predicted octanol–water partition coefficient (Wildman–Crippen LogP) is 2.34. The molecule has 1 saturated carbocycles. The van der Waals surface area contributed by atoms with Crippen LogP contribution >= 0.6 is 0 Å². The van der Waals surface area contributed by atoms with Crippen LogP contribution in [0.1, 0.15) is 37.7 Å². The molecule has 0 atom stereocenters. The monoisotopic (exact) mass is 399 g/mol. The number of aliphatic carboxylic acids is 1. The first-order chi connectivity index (χ1) is 12.8. The van der Waals surface area contributed by atoms with Crippen LogP contribution in [0.15, 0.2) is 18.2 Å². The van der Waals surface area contributed by atoms with Gasteiger partial charge in [0.05, 0.1) is 20.0 Å². The van der Waals surface area contributed by atoms with Crippen molar-refractivity contribution in [2.24, 2.45) is 0 Å². The minimum Gasteiger partial charge on any atom is -0.493 e. The fourth-order valence-corrected chi connectivity index (χ4v) is 4.60. The lowest BCUT2D eigenvalue weighted by molar-refractivity contribution is -0.134. The highest BCUT2D eigenvalue weighted by Crippen LogP contribution is 2.29. The van der Waals surface area contributed by atoms with Crippen LogP contribution in [0.4, 0.5) is 0 Å². The van der Waals surface area contributed by atoms with Crippen molar-refractivity contribution < 1.29 is 27.8 Å². The maximum atomic E-state index is 12.0. The van der Waals surface area contributed by atoms with Crippen molar-refractivity contribution in [2.45, 2.75) is 44.7 Å². The van der Waals surface area contributed by atoms with Crippen LogP contribution in [-0.4, -0.2) is 62.7 Å². The maximum Gasteiger partial charge on any atom is 0.318 e. The average Bonchev–Trinajstić information content (AvgIpc) is 2.64. The topological polar surface area (TPSA) is 93.1 Å². The lowest BCUT2D eigenvalue weighted by Crippen LogP contribution is -2.40. The van der Waals surface area contributed by atoms with Gasteiger partial charge in [0.2, 0.25) is 0 Å². The van der Waals surface area contributed by atoms with Gasteiger partial charge in [0.15, 0.2) is 21.3 Å². The lowest BCUT2D eigenvalue weighted by Gasteiger charge is -2.34. The molecule has 1 aliphatic carbocycles. The van der Waals surface area contributed by atoms with Crippen LogP contribution in [0.2, 0.25) is 0 Å². The third-order valence-electron chi connectivity index (χ3n) is 4.96. The van der Waals surface area contributed by atoms with Crippen molar-refractivity contribution in [3.63, 3.8) is 0 Å². The summed E-state index contributed by atoms with van der Waals surface area (Å²) in [6, 6.07) is 6.00. The third kappa shape index (κ3) is 6.70. The first-order valence-corrected chi connectivity index (χ1v) is 11.0. The van der Waals surface area contributed by atoms with Gasteiger partial charge in [-0.2, -0.15) is 0 Å². The van der Waals surface area contributed by atoms with Crippen molar-refractivity contribution in [1.82, 2.24) is 4.90 Å². The zero-order valence-electron chi connectivity index (χ0n) is 16.0. The van der Waals surface area contributed by atoms with Crippen molar-refractivity contribution >= 4 is 15.8 Å². The average molecular weight is 400 g/mol. The Balaban J connectivity index is 2.13. The molecule has 0 bridgehead atoms. The van der Waals surface area contributed by atoms with Gasteiger partial charge in [0.25, 0.3) is 0 Å². The summed E-state index contributed by atoms with van der Waals surface area (Å²) in [6.07, 6.45) is 5.54. The molecule has 0 radical (unpaired) electrons. The molecule has 7 nitrogen and oxygen atoms in total. The quantitative estimate of drug-likeness (QED) is 0.645. The standard InChI is InChI=1S/C19H29NO6S/c1-25-17-9-8-15(12-18(17)26-2)13-20(16-6-4-3-5-7-16)10-11-27(23,24)14-19(21)22/h8-9,12,16H,3-7,10-11,13-14H2,1-2H3,(H,21,22). The first-order valence-electron chi connectivity index (χ1n) is 9.22. The smallest absolute Gasteiger partial charge is 0.318 e. The molecule has 0 aliphatic heterocycles. The second-order valence-corrected chi connectivity index (χ2v) is 9.12. The summed E-state index contributed by atoms with van der Waals surface area (Å²) >= 11 is 0. The molecule has 0 amide bonds. The summed E-state index contributed by atoms with van der Waals surface area (Å²) in [5, 5.41) is 8.79. The zero-order valence-corrected chi connectivity index (χ0v) is 16.8. The SMILES string of the molecule is COc1ccc(CN(CCS(=O)(=O)CC(=O)O)C2CCCCC2)cc1OC. The first kappa shape index (κ1) is 21.5. The van der Waals surface area contributed by atoms with E-state index in [2.05, 4.69) is 4.90 Å². The highest BCUT2D eigenvalue weighted by molar-refractivity contribution is 7.92.